The zero-order chi connectivity index (χ0) is 5.98. The highest BCUT2D eigenvalue weighted by Gasteiger charge is 2.31. The van der Waals surface area contributed by atoms with E-state index >= 15 is 0 Å². The fraction of sp³-hybridized carbons (Fsp3) is 1.00. The molecule has 2 atom stereocenters. The van der Waals surface area contributed by atoms with Gasteiger partial charge in [0.2, 0.25) is 0 Å². The summed E-state index contributed by atoms with van der Waals surface area (Å²) in [7, 11) is 0. The van der Waals surface area contributed by atoms with Crippen molar-refractivity contribution >= 4 is 0 Å². The summed E-state index contributed by atoms with van der Waals surface area (Å²) < 4.78 is 16.9. The number of aliphatic hydroxyl groups excluding tert-OH is 1. The summed E-state index contributed by atoms with van der Waals surface area (Å²) in [5, 5.41) is 8.22. The normalized spacial score (nSPS) is 30.0. The van der Waals surface area contributed by atoms with Crippen molar-refractivity contribution in [3.63, 3.8) is 0 Å². The number of aliphatic hydroxyl groups is 1. The van der Waals surface area contributed by atoms with Crippen LogP contribution in [0.2, 0.25) is 0 Å². The molecule has 0 aromatic carbocycles. The molecule has 0 aromatic rings. The summed E-state index contributed by atoms with van der Waals surface area (Å²) in [6.07, 6.45) is -0.938. The third-order valence-corrected chi connectivity index (χ3v) is 1.17. The Kier molecular flexibility index (Phi) is 1.81. The Bertz CT molecular complexity index is 72.8. The number of halogens is 1. The number of ether oxygens (including phenoxy) is 1. The Labute approximate surface area is 47.3 Å². The van der Waals surface area contributed by atoms with E-state index in [-0.39, 0.29) is 19.1 Å². The van der Waals surface area contributed by atoms with Gasteiger partial charge in [-0.3, -0.25) is 0 Å². The Hall–Kier alpha value is -0.150. The predicted octanol–water partition coefficient (Wildman–Crippen LogP) is 0.106. The van der Waals surface area contributed by atoms with E-state index in [1.165, 1.54) is 0 Å². The van der Waals surface area contributed by atoms with E-state index in [2.05, 4.69) is 4.74 Å². The van der Waals surface area contributed by atoms with Crippen LogP contribution < -0.4 is 0 Å². The second-order valence-electron chi connectivity index (χ2n) is 1.90. The first kappa shape index (κ1) is 5.98. The molecule has 3 heteroatoms. The lowest BCUT2D eigenvalue weighted by Gasteiger charge is -1.97. The minimum absolute atomic E-state index is 0.0823. The maximum Gasteiger partial charge on any atom is 0.131 e. The van der Waals surface area contributed by atoms with Crippen LogP contribution in [-0.4, -0.2) is 30.6 Å². The topological polar surface area (TPSA) is 32.8 Å². The maximum atomic E-state index is 12.3. The third kappa shape index (κ3) is 1.42. The zero-order valence-corrected chi connectivity index (χ0v) is 4.51. The molecule has 0 aliphatic carbocycles. The van der Waals surface area contributed by atoms with Gasteiger partial charge in [-0.05, 0) is 0 Å². The van der Waals surface area contributed by atoms with E-state index in [9.17, 15) is 4.39 Å². The van der Waals surface area contributed by atoms with Crippen LogP contribution in [0.4, 0.5) is 4.39 Å². The van der Waals surface area contributed by atoms with Gasteiger partial charge < -0.3 is 9.84 Å². The first-order chi connectivity index (χ1) is 3.84. The van der Waals surface area contributed by atoms with E-state index in [4.69, 9.17) is 5.11 Å². The van der Waals surface area contributed by atoms with Crippen molar-refractivity contribution < 1.29 is 14.2 Å². The number of hydrogen-bond acceptors (Lipinski definition) is 2. The van der Waals surface area contributed by atoms with Gasteiger partial charge in [-0.25, -0.2) is 4.39 Å². The quantitative estimate of drug-likeness (QED) is 0.536. The monoisotopic (exact) mass is 120 g/mol. The van der Waals surface area contributed by atoms with Crippen molar-refractivity contribution in [3.8, 4) is 0 Å². The van der Waals surface area contributed by atoms with Gasteiger partial charge in [-0.1, -0.05) is 0 Å². The lowest BCUT2D eigenvalue weighted by Crippen LogP contribution is -2.09. The summed E-state index contributed by atoms with van der Waals surface area (Å²) in [5.41, 5.74) is 0. The number of epoxide rings is 1. The van der Waals surface area contributed by atoms with E-state index < -0.39 is 6.17 Å². The molecular weight excluding hydrogens is 111 g/mol. The van der Waals surface area contributed by atoms with Crippen molar-refractivity contribution in [1.82, 2.24) is 0 Å². The smallest absolute Gasteiger partial charge is 0.131 e. The van der Waals surface area contributed by atoms with Crippen LogP contribution in [0.5, 0.6) is 0 Å². The van der Waals surface area contributed by atoms with Crippen LogP contribution in [0.1, 0.15) is 6.42 Å². The molecule has 8 heavy (non-hydrogen) atoms. The second kappa shape index (κ2) is 2.42. The van der Waals surface area contributed by atoms with Crippen LogP contribution in [0.3, 0.4) is 0 Å². The Morgan fingerprint density at radius 2 is 2.50 bits per heavy atom. The van der Waals surface area contributed by atoms with Crippen molar-refractivity contribution in [3.05, 3.63) is 0 Å². The summed E-state index contributed by atoms with van der Waals surface area (Å²) in [5.74, 6) is 0. The standard InChI is InChI=1S/C5H9FO2/c6-4(1-2-7)5-3-8-5/h4-5,7H,1-3H2. The minimum Gasteiger partial charge on any atom is -0.396 e. The van der Waals surface area contributed by atoms with E-state index in [1.807, 2.05) is 0 Å². The van der Waals surface area contributed by atoms with Gasteiger partial charge in [0, 0.05) is 13.0 Å². The largest absolute Gasteiger partial charge is 0.396 e. The Morgan fingerprint density at radius 3 is 2.88 bits per heavy atom. The first-order valence-corrected chi connectivity index (χ1v) is 2.71. The Balaban J connectivity index is 2.03. The summed E-state index contributed by atoms with van der Waals surface area (Å²) in [6, 6.07) is 0. The van der Waals surface area contributed by atoms with Crippen LogP contribution in [0.25, 0.3) is 0 Å². The zero-order valence-electron chi connectivity index (χ0n) is 4.51. The molecule has 2 unspecified atom stereocenters. The third-order valence-electron chi connectivity index (χ3n) is 1.17. The molecule has 1 aliphatic heterocycles. The lowest BCUT2D eigenvalue weighted by atomic mass is 10.2. The molecular formula is C5H9FO2. The fourth-order valence-electron chi connectivity index (χ4n) is 0.574. The SMILES string of the molecule is OCCC(F)C1CO1. The van der Waals surface area contributed by atoms with Crippen LogP contribution >= 0.6 is 0 Å². The second-order valence-corrected chi connectivity index (χ2v) is 1.90. The van der Waals surface area contributed by atoms with Gasteiger partial charge in [0.05, 0.1) is 6.61 Å². The molecule has 1 heterocycles. The van der Waals surface area contributed by atoms with Crippen LogP contribution in [-0.2, 0) is 4.74 Å². The van der Waals surface area contributed by atoms with Gasteiger partial charge in [-0.2, -0.15) is 0 Å². The molecule has 0 amide bonds. The Morgan fingerprint density at radius 1 is 1.88 bits per heavy atom. The summed E-state index contributed by atoms with van der Waals surface area (Å²) in [6.45, 7) is 0.447. The summed E-state index contributed by atoms with van der Waals surface area (Å²) >= 11 is 0. The van der Waals surface area contributed by atoms with E-state index in [1.54, 1.807) is 0 Å². The van der Waals surface area contributed by atoms with E-state index in [0.717, 1.165) is 0 Å². The van der Waals surface area contributed by atoms with E-state index in [0.29, 0.717) is 6.61 Å². The van der Waals surface area contributed by atoms with Crippen LogP contribution in [0.15, 0.2) is 0 Å². The van der Waals surface area contributed by atoms with Gasteiger partial charge >= 0.3 is 0 Å². The highest BCUT2D eigenvalue weighted by Crippen LogP contribution is 2.18. The highest BCUT2D eigenvalue weighted by molar-refractivity contribution is 4.78. The highest BCUT2D eigenvalue weighted by atomic mass is 19.1. The van der Waals surface area contributed by atoms with Gasteiger partial charge in [-0.15, -0.1) is 0 Å². The molecule has 1 N–H and O–H groups in total. The molecule has 0 aromatic heterocycles. The molecule has 1 fully saturated rings. The number of alkyl halides is 1. The van der Waals surface area contributed by atoms with Gasteiger partial charge in [0.15, 0.2) is 0 Å². The molecule has 2 nitrogen and oxygen atoms in total. The van der Waals surface area contributed by atoms with Crippen molar-refractivity contribution in [2.45, 2.75) is 18.7 Å². The van der Waals surface area contributed by atoms with Crippen LogP contribution in [0, 0.1) is 0 Å². The fourth-order valence-corrected chi connectivity index (χ4v) is 0.574. The molecule has 1 rings (SSSR count). The average Bonchev–Trinajstić information content (AvgIpc) is 2.45. The lowest BCUT2D eigenvalue weighted by molar-refractivity contribution is 0.187. The molecule has 0 spiro atoms. The van der Waals surface area contributed by atoms with Crippen molar-refractivity contribution in [2.75, 3.05) is 13.2 Å². The molecule has 0 bridgehead atoms. The van der Waals surface area contributed by atoms with Crippen molar-refractivity contribution in [2.24, 2.45) is 0 Å². The molecule has 1 saturated heterocycles. The van der Waals surface area contributed by atoms with Gasteiger partial charge in [0.1, 0.15) is 12.3 Å². The van der Waals surface area contributed by atoms with Crippen molar-refractivity contribution in [1.29, 1.82) is 0 Å². The molecule has 0 radical (unpaired) electrons. The maximum absolute atomic E-state index is 12.3. The first-order valence-electron chi connectivity index (χ1n) is 2.71. The number of rotatable bonds is 3. The molecule has 0 saturated carbocycles. The minimum atomic E-state index is -0.944. The predicted molar refractivity (Wildman–Crippen MR) is 26.3 cm³/mol. The van der Waals surface area contributed by atoms with Gasteiger partial charge in [0.25, 0.3) is 0 Å². The molecule has 1 aliphatic rings. The summed E-state index contributed by atoms with van der Waals surface area (Å²) in [4.78, 5) is 0. The molecule has 48 valence electrons. The number of hydrogen-bond donors (Lipinski definition) is 1. The average molecular weight is 120 g/mol.